The van der Waals surface area contributed by atoms with Crippen molar-refractivity contribution in [1.29, 1.82) is 0 Å². The third kappa shape index (κ3) is 2.76. The number of carbonyl (C=O) groups excluding carboxylic acids is 1. The van der Waals surface area contributed by atoms with Crippen LogP contribution in [0.2, 0.25) is 0 Å². The zero-order chi connectivity index (χ0) is 17.6. The van der Waals surface area contributed by atoms with Crippen molar-refractivity contribution in [2.75, 3.05) is 0 Å². The zero-order valence-electron chi connectivity index (χ0n) is 12.8. The topological polar surface area (TPSA) is 109 Å². The highest BCUT2D eigenvalue weighted by molar-refractivity contribution is 9.10. The molecule has 0 saturated carbocycles. The van der Waals surface area contributed by atoms with E-state index in [0.717, 1.165) is 22.9 Å². The maximum absolute atomic E-state index is 12.7. The van der Waals surface area contributed by atoms with Crippen LogP contribution in [0.5, 0.6) is 0 Å². The summed E-state index contributed by atoms with van der Waals surface area (Å²) in [5, 5.41) is 16.1. The molecule has 0 aliphatic heterocycles. The van der Waals surface area contributed by atoms with Crippen LogP contribution in [-0.4, -0.2) is 36.6 Å². The SMILES string of the molecule is O=C(O)c1cc(C(=O)N[C@H]2CCc3cc(Br)ccc32)n2ncnc2n1. The van der Waals surface area contributed by atoms with Crippen LogP contribution < -0.4 is 5.32 Å². The lowest BCUT2D eigenvalue weighted by molar-refractivity contribution is 0.0690. The van der Waals surface area contributed by atoms with E-state index < -0.39 is 11.9 Å². The highest BCUT2D eigenvalue weighted by Gasteiger charge is 2.26. The number of aromatic nitrogens is 4. The van der Waals surface area contributed by atoms with Crippen molar-refractivity contribution >= 4 is 33.6 Å². The van der Waals surface area contributed by atoms with Crippen molar-refractivity contribution in [2.45, 2.75) is 18.9 Å². The molecule has 0 unspecified atom stereocenters. The molecular formula is C16H12BrN5O3. The van der Waals surface area contributed by atoms with Crippen molar-refractivity contribution in [3.63, 3.8) is 0 Å². The fraction of sp³-hybridized carbons (Fsp3) is 0.188. The Morgan fingerprint density at radius 1 is 1.32 bits per heavy atom. The van der Waals surface area contributed by atoms with Gasteiger partial charge in [-0.1, -0.05) is 22.0 Å². The first-order chi connectivity index (χ1) is 12.0. The first-order valence-electron chi connectivity index (χ1n) is 7.56. The molecule has 126 valence electrons. The summed E-state index contributed by atoms with van der Waals surface area (Å²) in [7, 11) is 0. The summed E-state index contributed by atoms with van der Waals surface area (Å²) in [5.74, 6) is -1.57. The summed E-state index contributed by atoms with van der Waals surface area (Å²) >= 11 is 3.45. The van der Waals surface area contributed by atoms with E-state index in [-0.39, 0.29) is 23.2 Å². The van der Waals surface area contributed by atoms with Crippen molar-refractivity contribution < 1.29 is 14.7 Å². The fourth-order valence-electron chi connectivity index (χ4n) is 3.05. The second-order valence-electron chi connectivity index (χ2n) is 5.71. The van der Waals surface area contributed by atoms with Gasteiger partial charge in [-0.2, -0.15) is 14.6 Å². The number of amides is 1. The Morgan fingerprint density at radius 3 is 2.96 bits per heavy atom. The molecule has 1 aliphatic rings. The normalized spacial score (nSPS) is 16.0. The summed E-state index contributed by atoms with van der Waals surface area (Å²) in [6.45, 7) is 0. The number of aromatic carboxylic acids is 1. The number of rotatable bonds is 3. The number of fused-ring (bicyclic) bond motifs is 2. The molecule has 0 radical (unpaired) electrons. The molecule has 1 aromatic carbocycles. The predicted molar refractivity (Wildman–Crippen MR) is 90.4 cm³/mol. The van der Waals surface area contributed by atoms with Gasteiger partial charge in [0.2, 0.25) is 0 Å². The lowest BCUT2D eigenvalue weighted by Gasteiger charge is -2.14. The van der Waals surface area contributed by atoms with Crippen LogP contribution >= 0.6 is 15.9 Å². The number of hydrogen-bond donors (Lipinski definition) is 2. The molecule has 2 heterocycles. The molecule has 25 heavy (non-hydrogen) atoms. The summed E-state index contributed by atoms with van der Waals surface area (Å²) in [5.41, 5.74) is 2.09. The van der Waals surface area contributed by atoms with E-state index in [9.17, 15) is 14.7 Å². The monoisotopic (exact) mass is 401 g/mol. The highest BCUT2D eigenvalue weighted by atomic mass is 79.9. The molecule has 1 atom stereocenters. The fourth-order valence-corrected chi connectivity index (χ4v) is 3.46. The van der Waals surface area contributed by atoms with Gasteiger partial charge in [-0.3, -0.25) is 4.79 Å². The van der Waals surface area contributed by atoms with Crippen LogP contribution in [-0.2, 0) is 6.42 Å². The summed E-state index contributed by atoms with van der Waals surface area (Å²) in [6.07, 6.45) is 2.89. The van der Waals surface area contributed by atoms with Gasteiger partial charge in [-0.25, -0.2) is 9.78 Å². The van der Waals surface area contributed by atoms with E-state index in [1.165, 1.54) is 22.5 Å². The Hall–Kier alpha value is -2.81. The maximum Gasteiger partial charge on any atom is 0.354 e. The molecule has 1 amide bonds. The standard InChI is InChI=1S/C16H12BrN5O3/c17-9-2-3-10-8(5-9)1-4-11(10)20-14(23)13-6-12(15(24)25)21-16-18-7-19-22(13)16/h2-3,5-7,11H,1,4H2,(H,20,23)(H,24,25)/t11-/m0/s1. The van der Waals surface area contributed by atoms with E-state index in [4.69, 9.17) is 0 Å². The van der Waals surface area contributed by atoms with Crippen LogP contribution in [0.4, 0.5) is 0 Å². The van der Waals surface area contributed by atoms with Crippen molar-refractivity contribution in [3.05, 3.63) is 57.6 Å². The zero-order valence-corrected chi connectivity index (χ0v) is 14.4. The molecule has 2 N–H and O–H groups in total. The molecule has 0 bridgehead atoms. The summed E-state index contributed by atoms with van der Waals surface area (Å²) in [4.78, 5) is 31.7. The predicted octanol–water partition coefficient (Wildman–Crippen LogP) is 2.00. The van der Waals surface area contributed by atoms with E-state index in [1.54, 1.807) is 0 Å². The van der Waals surface area contributed by atoms with E-state index in [0.29, 0.717) is 0 Å². The van der Waals surface area contributed by atoms with Gasteiger partial charge in [-0.05, 0) is 36.1 Å². The van der Waals surface area contributed by atoms with Gasteiger partial charge in [0.15, 0.2) is 5.69 Å². The third-order valence-corrected chi connectivity index (χ3v) is 4.68. The van der Waals surface area contributed by atoms with Gasteiger partial charge in [-0.15, -0.1) is 0 Å². The third-order valence-electron chi connectivity index (χ3n) is 4.19. The van der Waals surface area contributed by atoms with Gasteiger partial charge in [0.1, 0.15) is 12.0 Å². The van der Waals surface area contributed by atoms with E-state index >= 15 is 0 Å². The van der Waals surface area contributed by atoms with Gasteiger partial charge >= 0.3 is 5.97 Å². The van der Waals surface area contributed by atoms with Gasteiger partial charge < -0.3 is 10.4 Å². The first-order valence-corrected chi connectivity index (χ1v) is 8.35. The van der Waals surface area contributed by atoms with Gasteiger partial charge in [0.25, 0.3) is 11.7 Å². The minimum Gasteiger partial charge on any atom is -0.477 e. The molecule has 4 rings (SSSR count). The molecule has 3 aromatic rings. The van der Waals surface area contributed by atoms with E-state index in [2.05, 4.69) is 36.3 Å². The lowest BCUT2D eigenvalue weighted by Crippen LogP contribution is -2.29. The van der Waals surface area contributed by atoms with Crippen LogP contribution in [0.3, 0.4) is 0 Å². The quantitative estimate of drug-likeness (QED) is 0.694. The van der Waals surface area contributed by atoms with Crippen molar-refractivity contribution in [3.8, 4) is 0 Å². The summed E-state index contributed by atoms with van der Waals surface area (Å²) < 4.78 is 2.24. The molecule has 8 nitrogen and oxygen atoms in total. The van der Waals surface area contributed by atoms with Gasteiger partial charge in [0, 0.05) is 10.5 Å². The highest BCUT2D eigenvalue weighted by Crippen LogP contribution is 2.33. The Bertz CT molecular complexity index is 1020. The second kappa shape index (κ2) is 5.92. The van der Waals surface area contributed by atoms with Crippen LogP contribution in [0, 0.1) is 0 Å². The smallest absolute Gasteiger partial charge is 0.354 e. The Morgan fingerprint density at radius 2 is 2.16 bits per heavy atom. The molecule has 2 aromatic heterocycles. The number of carboxylic acids is 1. The van der Waals surface area contributed by atoms with E-state index in [1.807, 2.05) is 18.2 Å². The number of carboxylic acid groups (broad SMARTS) is 1. The number of benzene rings is 1. The molecule has 9 heteroatoms. The lowest BCUT2D eigenvalue weighted by atomic mass is 10.1. The second-order valence-corrected chi connectivity index (χ2v) is 6.63. The number of hydrogen-bond acceptors (Lipinski definition) is 5. The van der Waals surface area contributed by atoms with Crippen molar-refractivity contribution in [2.24, 2.45) is 0 Å². The Kier molecular flexibility index (Phi) is 3.72. The number of aryl methyl sites for hydroxylation is 1. The van der Waals surface area contributed by atoms with Crippen molar-refractivity contribution in [1.82, 2.24) is 24.9 Å². The number of halogens is 1. The molecule has 1 aliphatic carbocycles. The number of carbonyl (C=O) groups is 2. The average molecular weight is 402 g/mol. The molecular weight excluding hydrogens is 390 g/mol. The maximum atomic E-state index is 12.7. The minimum absolute atomic E-state index is 0.0702. The number of nitrogens with zero attached hydrogens (tertiary/aromatic N) is 4. The first kappa shape index (κ1) is 15.7. The van der Waals surface area contributed by atoms with Crippen LogP contribution in [0.1, 0.15) is 44.6 Å². The Labute approximate surface area is 150 Å². The van der Waals surface area contributed by atoms with Gasteiger partial charge in [0.05, 0.1) is 6.04 Å². The summed E-state index contributed by atoms with van der Waals surface area (Å²) in [6, 6.07) is 7.05. The minimum atomic E-state index is -1.23. The number of nitrogens with one attached hydrogen (secondary N) is 1. The molecule has 0 saturated heterocycles. The molecule has 0 spiro atoms. The Balaban J connectivity index is 1.68. The largest absolute Gasteiger partial charge is 0.477 e. The average Bonchev–Trinajstić information content (AvgIpc) is 3.20. The molecule has 0 fully saturated rings. The van der Waals surface area contributed by atoms with Crippen LogP contribution in [0.25, 0.3) is 5.78 Å². The van der Waals surface area contributed by atoms with Crippen LogP contribution in [0.15, 0.2) is 35.1 Å².